The molecule has 0 aliphatic heterocycles. The van der Waals surface area contributed by atoms with Gasteiger partial charge in [-0.05, 0) is 45.1 Å². The Bertz CT molecular complexity index is 562. The van der Waals surface area contributed by atoms with Crippen molar-refractivity contribution in [3.8, 4) is 0 Å². The average molecular weight is 333 g/mol. The van der Waals surface area contributed by atoms with E-state index in [0.29, 0.717) is 5.92 Å². The van der Waals surface area contributed by atoms with Crippen molar-refractivity contribution < 1.29 is 9.53 Å². The van der Waals surface area contributed by atoms with Gasteiger partial charge in [0, 0.05) is 20.0 Å². The highest BCUT2D eigenvalue weighted by molar-refractivity contribution is 7.80. The summed E-state index contributed by atoms with van der Waals surface area (Å²) in [5, 5.41) is 0. The van der Waals surface area contributed by atoms with E-state index in [1.807, 2.05) is 45.8 Å². The molecule has 2 rings (SSSR count). The molecule has 1 aliphatic rings. The van der Waals surface area contributed by atoms with E-state index in [0.717, 1.165) is 17.8 Å². The second-order valence-corrected chi connectivity index (χ2v) is 7.98. The molecule has 1 aromatic carbocycles. The minimum atomic E-state index is -0.466. The number of nitrogens with zero attached hydrogens (tertiary/aromatic N) is 1. The summed E-state index contributed by atoms with van der Waals surface area (Å²) in [6.07, 6.45) is 1.71. The smallest absolute Gasteiger partial charge is 0.310 e. The molecule has 0 saturated heterocycles. The Morgan fingerprint density at radius 2 is 1.70 bits per heavy atom. The molecular formula is C19H27NO2S. The first-order valence-electron chi connectivity index (χ1n) is 8.18. The third-order valence-corrected chi connectivity index (χ3v) is 4.97. The Morgan fingerprint density at radius 1 is 1.13 bits per heavy atom. The van der Waals surface area contributed by atoms with Crippen LogP contribution in [0.3, 0.4) is 0 Å². The van der Waals surface area contributed by atoms with Crippen molar-refractivity contribution in [3.63, 3.8) is 0 Å². The number of hydrogen-bond acceptors (Lipinski definition) is 3. The van der Waals surface area contributed by atoms with E-state index in [2.05, 4.69) is 24.3 Å². The van der Waals surface area contributed by atoms with Crippen molar-refractivity contribution in [2.24, 2.45) is 11.8 Å². The standard InChI is InChI=1S/C19H27NO2S/c1-19(2,3)22-18(21)16-12-14(13-9-7-6-8-10-13)11-15(16)17(23)20(4)5/h6-10,14-16H,11-12H2,1-5H3/t14-,15-,16+/m0/s1. The van der Waals surface area contributed by atoms with Gasteiger partial charge in [0.05, 0.1) is 10.9 Å². The molecule has 4 heteroatoms. The molecule has 0 unspecified atom stereocenters. The molecule has 0 N–H and O–H groups in total. The summed E-state index contributed by atoms with van der Waals surface area (Å²) in [4.78, 5) is 15.5. The van der Waals surface area contributed by atoms with Gasteiger partial charge in [-0.25, -0.2) is 0 Å². The molecule has 0 amide bonds. The lowest BCUT2D eigenvalue weighted by molar-refractivity contribution is -0.160. The highest BCUT2D eigenvalue weighted by Crippen LogP contribution is 2.44. The van der Waals surface area contributed by atoms with Crippen LogP contribution in [0.1, 0.15) is 45.1 Å². The van der Waals surface area contributed by atoms with Crippen molar-refractivity contribution >= 4 is 23.2 Å². The third-order valence-electron chi connectivity index (χ3n) is 4.30. The maximum Gasteiger partial charge on any atom is 0.310 e. The van der Waals surface area contributed by atoms with E-state index in [1.165, 1.54) is 5.56 Å². The number of hydrogen-bond donors (Lipinski definition) is 0. The van der Waals surface area contributed by atoms with E-state index >= 15 is 0 Å². The zero-order valence-electron chi connectivity index (χ0n) is 14.7. The van der Waals surface area contributed by atoms with Crippen molar-refractivity contribution in [3.05, 3.63) is 35.9 Å². The molecule has 0 heterocycles. The first-order valence-corrected chi connectivity index (χ1v) is 8.59. The van der Waals surface area contributed by atoms with Crippen LogP contribution in [0.25, 0.3) is 0 Å². The molecule has 0 radical (unpaired) electrons. The topological polar surface area (TPSA) is 29.5 Å². The SMILES string of the molecule is CN(C)C(=S)[C@H]1C[C@H](c2ccccc2)C[C@H]1C(=O)OC(C)(C)C. The summed E-state index contributed by atoms with van der Waals surface area (Å²) in [6.45, 7) is 5.73. The quantitative estimate of drug-likeness (QED) is 0.617. The lowest BCUT2D eigenvalue weighted by atomic mass is 9.95. The Balaban J connectivity index is 2.22. The van der Waals surface area contributed by atoms with Gasteiger partial charge >= 0.3 is 5.97 Å². The zero-order chi connectivity index (χ0) is 17.2. The fourth-order valence-corrected chi connectivity index (χ4v) is 3.54. The largest absolute Gasteiger partial charge is 0.460 e. The highest BCUT2D eigenvalue weighted by Gasteiger charge is 2.43. The molecule has 0 aromatic heterocycles. The molecule has 126 valence electrons. The van der Waals surface area contributed by atoms with Crippen molar-refractivity contribution in [2.75, 3.05) is 14.1 Å². The van der Waals surface area contributed by atoms with Gasteiger partial charge in [0.15, 0.2) is 0 Å². The summed E-state index contributed by atoms with van der Waals surface area (Å²) in [5.74, 6) is 0.149. The lowest BCUT2D eigenvalue weighted by Crippen LogP contribution is -2.36. The van der Waals surface area contributed by atoms with Gasteiger partial charge in [-0.15, -0.1) is 0 Å². The molecule has 3 nitrogen and oxygen atoms in total. The Hall–Kier alpha value is -1.42. The van der Waals surface area contributed by atoms with Gasteiger partial charge in [0.25, 0.3) is 0 Å². The van der Waals surface area contributed by atoms with Crippen LogP contribution in [0, 0.1) is 11.8 Å². The van der Waals surface area contributed by atoms with Crippen LogP contribution in [0.4, 0.5) is 0 Å². The molecule has 1 aromatic rings. The van der Waals surface area contributed by atoms with Crippen molar-refractivity contribution in [2.45, 2.75) is 45.1 Å². The molecule has 1 saturated carbocycles. The first-order chi connectivity index (χ1) is 10.7. The Kier molecular flexibility index (Phi) is 5.45. The Labute approximate surface area is 145 Å². The highest BCUT2D eigenvalue weighted by atomic mass is 32.1. The summed E-state index contributed by atoms with van der Waals surface area (Å²) in [5.41, 5.74) is 0.816. The zero-order valence-corrected chi connectivity index (χ0v) is 15.5. The van der Waals surface area contributed by atoms with Crippen molar-refractivity contribution in [1.29, 1.82) is 0 Å². The van der Waals surface area contributed by atoms with E-state index in [9.17, 15) is 4.79 Å². The number of esters is 1. The summed E-state index contributed by atoms with van der Waals surface area (Å²) < 4.78 is 5.65. The predicted octanol–water partition coefficient (Wildman–Crippen LogP) is 4.03. The second kappa shape index (κ2) is 7.00. The monoisotopic (exact) mass is 333 g/mol. The summed E-state index contributed by atoms with van der Waals surface area (Å²) in [7, 11) is 3.90. The lowest BCUT2D eigenvalue weighted by Gasteiger charge is -2.27. The molecule has 1 fully saturated rings. The van der Waals surface area contributed by atoms with E-state index in [-0.39, 0.29) is 17.8 Å². The minimum absolute atomic E-state index is 0.0695. The number of benzene rings is 1. The number of thiocarbonyl (C=S) groups is 1. The number of carbonyl (C=O) groups is 1. The van der Waals surface area contributed by atoms with Crippen LogP contribution in [-0.2, 0) is 9.53 Å². The Morgan fingerprint density at radius 3 is 2.22 bits per heavy atom. The third kappa shape index (κ3) is 4.54. The van der Waals surface area contributed by atoms with Crippen LogP contribution >= 0.6 is 12.2 Å². The van der Waals surface area contributed by atoms with Gasteiger partial charge in [-0.3, -0.25) is 4.79 Å². The van der Waals surface area contributed by atoms with Crippen LogP contribution < -0.4 is 0 Å². The van der Waals surface area contributed by atoms with Gasteiger partial charge in [-0.2, -0.15) is 0 Å². The predicted molar refractivity (Wildman–Crippen MR) is 97.5 cm³/mol. The summed E-state index contributed by atoms with van der Waals surface area (Å²) in [6, 6.07) is 10.4. The van der Waals surface area contributed by atoms with E-state index in [1.54, 1.807) is 0 Å². The van der Waals surface area contributed by atoms with Crippen molar-refractivity contribution in [1.82, 2.24) is 4.90 Å². The molecule has 0 spiro atoms. The summed E-state index contributed by atoms with van der Waals surface area (Å²) >= 11 is 5.60. The second-order valence-electron chi connectivity index (χ2n) is 7.56. The van der Waals surface area contributed by atoms with Gasteiger partial charge in [-0.1, -0.05) is 42.5 Å². The van der Waals surface area contributed by atoms with Crippen LogP contribution in [0.5, 0.6) is 0 Å². The molecular weight excluding hydrogens is 306 g/mol. The fraction of sp³-hybridized carbons (Fsp3) is 0.579. The molecule has 23 heavy (non-hydrogen) atoms. The average Bonchev–Trinajstić information content (AvgIpc) is 2.90. The van der Waals surface area contributed by atoms with E-state index in [4.69, 9.17) is 17.0 Å². The van der Waals surface area contributed by atoms with Gasteiger partial charge in [0.2, 0.25) is 0 Å². The minimum Gasteiger partial charge on any atom is -0.460 e. The first kappa shape index (κ1) is 17.9. The molecule has 3 atom stereocenters. The maximum atomic E-state index is 12.7. The number of carbonyl (C=O) groups excluding carboxylic acids is 1. The maximum absolute atomic E-state index is 12.7. The van der Waals surface area contributed by atoms with Crippen LogP contribution in [0.15, 0.2) is 30.3 Å². The molecule has 0 bridgehead atoms. The number of rotatable bonds is 3. The molecule has 1 aliphatic carbocycles. The van der Waals surface area contributed by atoms with Gasteiger partial charge in [0.1, 0.15) is 5.60 Å². The normalized spacial score (nSPS) is 24.3. The van der Waals surface area contributed by atoms with Gasteiger partial charge < -0.3 is 9.64 Å². The van der Waals surface area contributed by atoms with Crippen LogP contribution in [0.2, 0.25) is 0 Å². The fourth-order valence-electron chi connectivity index (χ4n) is 3.28. The number of ether oxygens (including phenoxy) is 1. The van der Waals surface area contributed by atoms with E-state index < -0.39 is 5.60 Å². The van der Waals surface area contributed by atoms with Crippen LogP contribution in [-0.4, -0.2) is 35.6 Å².